The molecule has 7 heteroatoms. The van der Waals surface area contributed by atoms with Gasteiger partial charge in [-0.3, -0.25) is 4.79 Å². The lowest BCUT2D eigenvalue weighted by Crippen LogP contribution is -2.14. The van der Waals surface area contributed by atoms with Crippen molar-refractivity contribution in [3.05, 3.63) is 45.1 Å². The summed E-state index contributed by atoms with van der Waals surface area (Å²) in [5, 5.41) is 12.3. The van der Waals surface area contributed by atoms with Crippen LogP contribution in [0.5, 0.6) is 11.5 Å². The number of pyridine rings is 1. The number of aromatic hydroxyl groups is 1. The summed E-state index contributed by atoms with van der Waals surface area (Å²) in [7, 11) is 1.53. The Bertz CT molecular complexity index is 662. The number of aromatic nitrogens is 1. The number of carbonyl (C=O) groups excluding carboxylic acids is 1. The maximum Gasteiger partial charge on any atom is 0.278 e. The molecule has 0 radical (unpaired) electrons. The van der Waals surface area contributed by atoms with Gasteiger partial charge in [0.1, 0.15) is 11.5 Å². The maximum absolute atomic E-state index is 12.1. The minimum Gasteiger partial charge on any atom is -0.505 e. The van der Waals surface area contributed by atoms with E-state index < -0.39 is 5.91 Å². The molecule has 2 rings (SSSR count). The molecule has 1 heterocycles. The molecule has 0 saturated heterocycles. The molecule has 2 N–H and O–H groups in total. The molecule has 1 aromatic carbocycles. The highest BCUT2D eigenvalue weighted by Gasteiger charge is 2.15. The van der Waals surface area contributed by atoms with Gasteiger partial charge in [0.05, 0.1) is 17.3 Å². The van der Waals surface area contributed by atoms with Gasteiger partial charge in [-0.1, -0.05) is 0 Å². The van der Waals surface area contributed by atoms with Crippen molar-refractivity contribution in [2.24, 2.45) is 0 Å². The molecule has 0 spiro atoms. The van der Waals surface area contributed by atoms with Crippen molar-refractivity contribution >= 4 is 43.5 Å². The topological polar surface area (TPSA) is 71.5 Å². The lowest BCUT2D eigenvalue weighted by molar-refractivity contribution is 0.101. The SMILES string of the molecule is COc1cc(NC(=O)c2ncccc2O)c(Br)cc1Br. The van der Waals surface area contributed by atoms with Gasteiger partial charge >= 0.3 is 0 Å². The van der Waals surface area contributed by atoms with Gasteiger partial charge in [0, 0.05) is 16.7 Å². The third-order valence-corrected chi connectivity index (χ3v) is 3.77. The molecule has 2 aromatic rings. The Labute approximate surface area is 132 Å². The highest BCUT2D eigenvalue weighted by atomic mass is 79.9. The number of amides is 1. The van der Waals surface area contributed by atoms with Crippen LogP contribution in [0.1, 0.15) is 10.5 Å². The molecule has 1 amide bonds. The summed E-state index contributed by atoms with van der Waals surface area (Å²) in [6.07, 6.45) is 1.44. The number of methoxy groups -OCH3 is 1. The van der Waals surface area contributed by atoms with Crippen LogP contribution in [0.15, 0.2) is 39.4 Å². The zero-order chi connectivity index (χ0) is 14.7. The summed E-state index contributed by atoms with van der Waals surface area (Å²) in [6, 6.07) is 6.36. The van der Waals surface area contributed by atoms with E-state index in [0.29, 0.717) is 15.9 Å². The molecule has 104 valence electrons. The third-order valence-electron chi connectivity index (χ3n) is 2.49. The predicted octanol–water partition coefficient (Wildman–Crippen LogP) is 3.57. The highest BCUT2D eigenvalue weighted by molar-refractivity contribution is 9.11. The van der Waals surface area contributed by atoms with E-state index in [2.05, 4.69) is 42.2 Å². The van der Waals surface area contributed by atoms with E-state index in [-0.39, 0.29) is 11.4 Å². The Kier molecular flexibility index (Phi) is 4.61. The molecule has 0 saturated carbocycles. The largest absolute Gasteiger partial charge is 0.505 e. The fourth-order valence-corrected chi connectivity index (χ4v) is 2.79. The van der Waals surface area contributed by atoms with Gasteiger partial charge in [-0.2, -0.15) is 0 Å². The Balaban J connectivity index is 2.31. The van der Waals surface area contributed by atoms with Crippen LogP contribution in [0, 0.1) is 0 Å². The molecular formula is C13H10Br2N2O3. The molecule has 0 aliphatic carbocycles. The quantitative estimate of drug-likeness (QED) is 0.824. The summed E-state index contributed by atoms with van der Waals surface area (Å²) in [4.78, 5) is 15.9. The molecule has 20 heavy (non-hydrogen) atoms. The average Bonchev–Trinajstić information content (AvgIpc) is 2.42. The second-order valence-electron chi connectivity index (χ2n) is 3.79. The van der Waals surface area contributed by atoms with Gasteiger partial charge in [-0.25, -0.2) is 4.98 Å². The number of benzene rings is 1. The molecule has 0 atom stereocenters. The zero-order valence-corrected chi connectivity index (χ0v) is 13.5. The van der Waals surface area contributed by atoms with Crippen LogP contribution in [0.4, 0.5) is 5.69 Å². The van der Waals surface area contributed by atoms with Crippen molar-refractivity contribution in [2.45, 2.75) is 0 Å². The molecule has 0 fully saturated rings. The van der Waals surface area contributed by atoms with Crippen molar-refractivity contribution in [3.8, 4) is 11.5 Å². The van der Waals surface area contributed by atoms with Gasteiger partial charge in [0.2, 0.25) is 0 Å². The molecule has 0 aliphatic heterocycles. The van der Waals surface area contributed by atoms with E-state index in [4.69, 9.17) is 4.74 Å². The van der Waals surface area contributed by atoms with E-state index in [1.807, 2.05) is 0 Å². The number of rotatable bonds is 3. The number of anilines is 1. The number of nitrogens with one attached hydrogen (secondary N) is 1. The summed E-state index contributed by atoms with van der Waals surface area (Å²) in [5.74, 6) is -0.105. The van der Waals surface area contributed by atoms with Crippen LogP contribution in [0.25, 0.3) is 0 Å². The van der Waals surface area contributed by atoms with Crippen molar-refractivity contribution < 1.29 is 14.6 Å². The van der Waals surface area contributed by atoms with Crippen LogP contribution in [0.2, 0.25) is 0 Å². The average molecular weight is 402 g/mol. The van der Waals surface area contributed by atoms with E-state index in [1.54, 1.807) is 18.2 Å². The van der Waals surface area contributed by atoms with E-state index in [9.17, 15) is 9.90 Å². The number of nitrogens with zero attached hydrogens (tertiary/aromatic N) is 1. The first-order valence-corrected chi connectivity index (χ1v) is 7.10. The second kappa shape index (κ2) is 6.23. The normalized spacial score (nSPS) is 10.2. The Morgan fingerprint density at radius 3 is 2.75 bits per heavy atom. The van der Waals surface area contributed by atoms with Gasteiger partial charge in [0.25, 0.3) is 5.91 Å². The zero-order valence-electron chi connectivity index (χ0n) is 10.4. The summed E-state index contributed by atoms with van der Waals surface area (Å²) in [6.45, 7) is 0. The molecule has 0 aliphatic rings. The second-order valence-corrected chi connectivity index (χ2v) is 5.50. The van der Waals surface area contributed by atoms with E-state index in [0.717, 1.165) is 4.47 Å². The minimum atomic E-state index is -0.506. The lowest BCUT2D eigenvalue weighted by atomic mass is 10.2. The standard InChI is InChI=1S/C13H10Br2N2O3/c1-20-11-6-9(7(14)5-8(11)15)17-13(19)12-10(18)3-2-4-16-12/h2-6,18H,1H3,(H,17,19). The number of halogens is 2. The third kappa shape index (κ3) is 3.10. The van der Waals surface area contributed by atoms with Crippen LogP contribution >= 0.6 is 31.9 Å². The number of ether oxygens (including phenoxy) is 1. The van der Waals surface area contributed by atoms with Crippen molar-refractivity contribution in [1.82, 2.24) is 4.98 Å². The predicted molar refractivity (Wildman–Crippen MR) is 82.2 cm³/mol. The Hall–Kier alpha value is -1.60. The molecule has 0 bridgehead atoms. The van der Waals surface area contributed by atoms with Gasteiger partial charge in [-0.05, 0) is 50.1 Å². The van der Waals surface area contributed by atoms with Gasteiger partial charge in [0.15, 0.2) is 5.69 Å². The van der Waals surface area contributed by atoms with Crippen LogP contribution in [-0.4, -0.2) is 23.1 Å². The van der Waals surface area contributed by atoms with Crippen LogP contribution in [-0.2, 0) is 0 Å². The molecule has 5 nitrogen and oxygen atoms in total. The van der Waals surface area contributed by atoms with E-state index in [1.165, 1.54) is 19.4 Å². The molecule has 1 aromatic heterocycles. The maximum atomic E-state index is 12.1. The van der Waals surface area contributed by atoms with Crippen molar-refractivity contribution in [1.29, 1.82) is 0 Å². The van der Waals surface area contributed by atoms with Crippen LogP contribution < -0.4 is 10.1 Å². The molecular weight excluding hydrogens is 392 g/mol. The monoisotopic (exact) mass is 400 g/mol. The summed E-state index contributed by atoms with van der Waals surface area (Å²) >= 11 is 6.69. The fraction of sp³-hybridized carbons (Fsp3) is 0.0769. The first-order valence-electron chi connectivity index (χ1n) is 5.51. The van der Waals surface area contributed by atoms with Crippen LogP contribution in [0.3, 0.4) is 0 Å². The fourth-order valence-electron chi connectivity index (χ4n) is 1.53. The van der Waals surface area contributed by atoms with E-state index >= 15 is 0 Å². The lowest BCUT2D eigenvalue weighted by Gasteiger charge is -2.11. The Morgan fingerprint density at radius 2 is 2.10 bits per heavy atom. The van der Waals surface area contributed by atoms with Crippen molar-refractivity contribution in [2.75, 3.05) is 12.4 Å². The smallest absolute Gasteiger partial charge is 0.278 e. The first kappa shape index (κ1) is 14.8. The number of hydrogen-bond donors (Lipinski definition) is 2. The number of hydrogen-bond acceptors (Lipinski definition) is 4. The first-order chi connectivity index (χ1) is 9.52. The molecule has 0 unspecified atom stereocenters. The van der Waals surface area contributed by atoms with Gasteiger partial charge < -0.3 is 15.2 Å². The highest BCUT2D eigenvalue weighted by Crippen LogP contribution is 2.34. The minimum absolute atomic E-state index is 0.0405. The van der Waals surface area contributed by atoms with Crippen molar-refractivity contribution in [3.63, 3.8) is 0 Å². The summed E-state index contributed by atoms with van der Waals surface area (Å²) in [5.41, 5.74) is 0.474. The Morgan fingerprint density at radius 1 is 1.35 bits per heavy atom. The summed E-state index contributed by atoms with van der Waals surface area (Å²) < 4.78 is 6.60. The number of carbonyl (C=O) groups is 1. The van der Waals surface area contributed by atoms with Gasteiger partial charge in [-0.15, -0.1) is 0 Å².